The zero-order valence-corrected chi connectivity index (χ0v) is 11.6. The quantitative estimate of drug-likeness (QED) is 0.703. The zero-order valence-electron chi connectivity index (χ0n) is 11.6. The molecule has 3 fully saturated rings. The predicted octanol–water partition coefficient (Wildman–Crippen LogP) is 2.99. The number of hydrogen-bond acceptors (Lipinski definition) is 2. The molecule has 1 N–H and O–H groups in total. The highest BCUT2D eigenvalue weighted by atomic mass is 16.5. The van der Waals surface area contributed by atoms with Gasteiger partial charge < -0.3 is 9.84 Å². The molecule has 1 saturated heterocycles. The third-order valence-electron chi connectivity index (χ3n) is 5.90. The molecule has 0 aromatic heterocycles. The Bertz CT molecular complexity index is 321. The van der Waals surface area contributed by atoms with Gasteiger partial charge in [-0.2, -0.15) is 0 Å². The van der Waals surface area contributed by atoms with Gasteiger partial charge in [0.15, 0.2) is 0 Å². The zero-order chi connectivity index (χ0) is 12.4. The number of rotatable bonds is 0. The fourth-order valence-electron chi connectivity index (χ4n) is 4.91. The Kier molecular flexibility index (Phi) is 2.45. The van der Waals surface area contributed by atoms with Crippen molar-refractivity contribution in [3.63, 3.8) is 0 Å². The van der Waals surface area contributed by atoms with E-state index in [9.17, 15) is 5.11 Å². The summed E-state index contributed by atoms with van der Waals surface area (Å²) in [5, 5.41) is 10.6. The summed E-state index contributed by atoms with van der Waals surface area (Å²) in [6.45, 7) is 8.87. The fourth-order valence-corrected chi connectivity index (χ4v) is 4.91. The van der Waals surface area contributed by atoms with Crippen LogP contribution >= 0.6 is 0 Å². The molecular formula is C15H26O2. The normalized spacial score (nSPS) is 56.6. The SMILES string of the molecule is C[C@H]1CC[C@@H]2[C@H]3[C@H]1OC(C)(C)[C@@H]3CC[C@]2(C)O. The van der Waals surface area contributed by atoms with Crippen LogP contribution in [-0.4, -0.2) is 22.4 Å². The van der Waals surface area contributed by atoms with E-state index in [0.717, 1.165) is 12.8 Å². The molecule has 0 aromatic rings. The summed E-state index contributed by atoms with van der Waals surface area (Å²) in [7, 11) is 0. The van der Waals surface area contributed by atoms with Crippen LogP contribution in [0.2, 0.25) is 0 Å². The number of aliphatic hydroxyl groups is 1. The van der Waals surface area contributed by atoms with Gasteiger partial charge in [0.05, 0.1) is 17.3 Å². The number of ether oxygens (including phenoxy) is 1. The van der Waals surface area contributed by atoms with Crippen LogP contribution in [0.25, 0.3) is 0 Å². The first-order chi connectivity index (χ1) is 7.83. The molecule has 6 atom stereocenters. The van der Waals surface area contributed by atoms with Crippen molar-refractivity contribution in [2.24, 2.45) is 23.7 Å². The molecule has 2 heteroatoms. The molecule has 0 bridgehead atoms. The predicted molar refractivity (Wildman–Crippen MR) is 67.7 cm³/mol. The van der Waals surface area contributed by atoms with Crippen molar-refractivity contribution in [3.05, 3.63) is 0 Å². The smallest absolute Gasteiger partial charge is 0.0662 e. The molecular weight excluding hydrogens is 212 g/mol. The van der Waals surface area contributed by atoms with Crippen LogP contribution in [0.4, 0.5) is 0 Å². The first-order valence-electron chi connectivity index (χ1n) is 7.23. The van der Waals surface area contributed by atoms with Gasteiger partial charge in [-0.25, -0.2) is 0 Å². The molecule has 2 nitrogen and oxygen atoms in total. The van der Waals surface area contributed by atoms with Crippen molar-refractivity contribution in [2.45, 2.75) is 70.7 Å². The lowest BCUT2D eigenvalue weighted by Crippen LogP contribution is -2.52. The van der Waals surface area contributed by atoms with Crippen LogP contribution in [0.15, 0.2) is 0 Å². The van der Waals surface area contributed by atoms with Gasteiger partial charge in [-0.05, 0) is 70.1 Å². The van der Waals surface area contributed by atoms with Gasteiger partial charge in [0.1, 0.15) is 0 Å². The van der Waals surface area contributed by atoms with Crippen molar-refractivity contribution in [2.75, 3.05) is 0 Å². The second-order valence-electron chi connectivity index (χ2n) is 7.43. The maximum absolute atomic E-state index is 10.6. The van der Waals surface area contributed by atoms with Crippen LogP contribution in [0.5, 0.6) is 0 Å². The van der Waals surface area contributed by atoms with Crippen LogP contribution in [0.1, 0.15) is 53.4 Å². The highest BCUT2D eigenvalue weighted by Crippen LogP contribution is 2.58. The van der Waals surface area contributed by atoms with Crippen LogP contribution < -0.4 is 0 Å². The van der Waals surface area contributed by atoms with E-state index in [1.54, 1.807) is 0 Å². The Balaban J connectivity index is 1.98. The Hall–Kier alpha value is -0.0800. The van der Waals surface area contributed by atoms with Crippen LogP contribution in [-0.2, 0) is 4.74 Å². The average molecular weight is 238 g/mol. The summed E-state index contributed by atoms with van der Waals surface area (Å²) in [5.41, 5.74) is -0.438. The summed E-state index contributed by atoms with van der Waals surface area (Å²) in [5.74, 6) is 2.37. The van der Waals surface area contributed by atoms with Gasteiger partial charge in [0, 0.05) is 0 Å². The lowest BCUT2D eigenvalue weighted by Gasteiger charge is -2.50. The first-order valence-corrected chi connectivity index (χ1v) is 7.23. The third-order valence-corrected chi connectivity index (χ3v) is 5.90. The minimum Gasteiger partial charge on any atom is -0.390 e. The van der Waals surface area contributed by atoms with Gasteiger partial charge >= 0.3 is 0 Å². The molecule has 1 aliphatic heterocycles. The Morgan fingerprint density at radius 2 is 1.76 bits per heavy atom. The fraction of sp³-hybridized carbons (Fsp3) is 1.00. The molecule has 17 heavy (non-hydrogen) atoms. The monoisotopic (exact) mass is 238 g/mol. The summed E-state index contributed by atoms with van der Waals surface area (Å²) in [4.78, 5) is 0. The third kappa shape index (κ3) is 1.60. The molecule has 0 radical (unpaired) electrons. The molecule has 3 aliphatic rings. The van der Waals surface area contributed by atoms with E-state index in [4.69, 9.17) is 4.74 Å². The van der Waals surface area contributed by atoms with E-state index in [0.29, 0.717) is 29.8 Å². The first kappa shape index (κ1) is 12.0. The molecule has 0 aromatic carbocycles. The molecule has 2 saturated carbocycles. The van der Waals surface area contributed by atoms with E-state index < -0.39 is 5.60 Å². The highest BCUT2D eigenvalue weighted by Gasteiger charge is 2.60. The molecule has 0 spiro atoms. The van der Waals surface area contributed by atoms with Gasteiger partial charge in [-0.1, -0.05) is 6.92 Å². The maximum atomic E-state index is 10.6. The van der Waals surface area contributed by atoms with Crippen molar-refractivity contribution in [1.82, 2.24) is 0 Å². The van der Waals surface area contributed by atoms with Crippen LogP contribution in [0.3, 0.4) is 0 Å². The molecule has 1 heterocycles. The lowest BCUT2D eigenvalue weighted by molar-refractivity contribution is -0.111. The van der Waals surface area contributed by atoms with E-state index in [1.165, 1.54) is 12.8 Å². The van der Waals surface area contributed by atoms with Gasteiger partial charge in [-0.3, -0.25) is 0 Å². The molecule has 2 aliphatic carbocycles. The Morgan fingerprint density at radius 1 is 1.06 bits per heavy atom. The average Bonchev–Trinajstić information content (AvgIpc) is 2.48. The van der Waals surface area contributed by atoms with Gasteiger partial charge in [0.2, 0.25) is 0 Å². The second-order valence-corrected chi connectivity index (χ2v) is 7.43. The van der Waals surface area contributed by atoms with E-state index in [2.05, 4.69) is 20.8 Å². The van der Waals surface area contributed by atoms with Gasteiger partial charge in [0.25, 0.3) is 0 Å². The van der Waals surface area contributed by atoms with E-state index >= 15 is 0 Å². The summed E-state index contributed by atoms with van der Waals surface area (Å²) in [6, 6.07) is 0. The highest BCUT2D eigenvalue weighted by molar-refractivity contribution is 5.09. The van der Waals surface area contributed by atoms with Crippen molar-refractivity contribution in [1.29, 1.82) is 0 Å². The summed E-state index contributed by atoms with van der Waals surface area (Å²) < 4.78 is 6.36. The molecule has 98 valence electrons. The minimum atomic E-state index is -0.455. The van der Waals surface area contributed by atoms with Crippen LogP contribution in [0, 0.1) is 23.7 Å². The molecule has 3 rings (SSSR count). The largest absolute Gasteiger partial charge is 0.390 e. The molecule has 0 amide bonds. The second kappa shape index (κ2) is 3.48. The minimum absolute atomic E-state index is 0.0166. The van der Waals surface area contributed by atoms with Crippen molar-refractivity contribution < 1.29 is 9.84 Å². The van der Waals surface area contributed by atoms with Crippen molar-refractivity contribution >= 4 is 0 Å². The molecule has 0 unspecified atom stereocenters. The maximum Gasteiger partial charge on any atom is 0.0662 e. The number of hydrogen-bond donors (Lipinski definition) is 1. The Labute approximate surface area is 105 Å². The van der Waals surface area contributed by atoms with E-state index in [-0.39, 0.29) is 5.60 Å². The summed E-state index contributed by atoms with van der Waals surface area (Å²) >= 11 is 0. The van der Waals surface area contributed by atoms with Crippen molar-refractivity contribution in [3.8, 4) is 0 Å². The standard InChI is InChI=1S/C15H26O2/c1-9-5-6-11-12-10(7-8-15(11,4)16)14(2,3)17-13(9)12/h9-13,16H,5-8H2,1-4H3/t9-,10+,11+,12-,13-,15-/m0/s1. The van der Waals surface area contributed by atoms with E-state index in [1.807, 2.05) is 6.92 Å². The summed E-state index contributed by atoms with van der Waals surface area (Å²) in [6.07, 6.45) is 4.87. The van der Waals surface area contributed by atoms with Gasteiger partial charge in [-0.15, -0.1) is 0 Å². The lowest BCUT2D eigenvalue weighted by atomic mass is 9.56. The topological polar surface area (TPSA) is 29.5 Å². The Morgan fingerprint density at radius 3 is 2.47 bits per heavy atom.